The van der Waals surface area contributed by atoms with E-state index in [4.69, 9.17) is 10.2 Å². The van der Waals surface area contributed by atoms with Gasteiger partial charge in [0.1, 0.15) is 18.3 Å². The van der Waals surface area contributed by atoms with Gasteiger partial charge in [0.05, 0.1) is 6.61 Å². The van der Waals surface area contributed by atoms with Crippen molar-refractivity contribution in [2.75, 3.05) is 13.2 Å². The Hall–Kier alpha value is -0.730. The van der Waals surface area contributed by atoms with Crippen LogP contribution in [0.1, 0.15) is 78.6 Å². The predicted octanol–water partition coefficient (Wildman–Crippen LogP) is 1.10. The molecule has 7 nitrogen and oxygen atoms in total. The smallest absolute Gasteiger partial charge is 0.251 e. The zero-order valence-corrected chi connectivity index (χ0v) is 16.7. The van der Waals surface area contributed by atoms with Crippen molar-refractivity contribution >= 4 is 5.91 Å². The van der Waals surface area contributed by atoms with Crippen LogP contribution in [0.25, 0.3) is 0 Å². The van der Waals surface area contributed by atoms with Gasteiger partial charge in [0.2, 0.25) is 0 Å². The van der Waals surface area contributed by atoms with Crippen LogP contribution >= 0.6 is 0 Å². The van der Waals surface area contributed by atoms with Gasteiger partial charge in [-0.2, -0.15) is 0 Å². The molecular formula is C19H41NO6. The Morgan fingerprint density at radius 1 is 0.769 bits per heavy atom. The maximum atomic E-state index is 11.4. The van der Waals surface area contributed by atoms with Crippen molar-refractivity contribution in [3.63, 3.8) is 0 Å². The molecule has 0 aromatic heterocycles. The molecule has 0 saturated carbocycles. The second kappa shape index (κ2) is 19.0. The summed E-state index contributed by atoms with van der Waals surface area (Å²) >= 11 is 0. The number of carbonyl (C=O) groups excluding carboxylic acids is 1. The van der Waals surface area contributed by atoms with E-state index < -0.39 is 36.9 Å². The van der Waals surface area contributed by atoms with Crippen molar-refractivity contribution in [2.24, 2.45) is 0 Å². The van der Waals surface area contributed by atoms with E-state index in [2.05, 4.69) is 19.2 Å². The van der Waals surface area contributed by atoms with Crippen molar-refractivity contribution < 1.29 is 30.3 Å². The molecule has 6 N–H and O–H groups in total. The van der Waals surface area contributed by atoms with Crippen molar-refractivity contribution in [1.29, 1.82) is 0 Å². The molecule has 0 bridgehead atoms. The normalized spacial score (nSPS) is 15.4. The lowest BCUT2D eigenvalue weighted by atomic mass is 10.0. The van der Waals surface area contributed by atoms with Gasteiger partial charge in [-0.1, -0.05) is 72.1 Å². The number of nitrogens with one attached hydrogen (secondary N) is 1. The van der Waals surface area contributed by atoms with E-state index in [1.54, 1.807) is 0 Å². The molecule has 0 spiro atoms. The number of aliphatic hydroxyl groups is 5. The lowest BCUT2D eigenvalue weighted by molar-refractivity contribution is -0.148. The third-order valence-electron chi connectivity index (χ3n) is 4.06. The second-order valence-electron chi connectivity index (χ2n) is 6.59. The van der Waals surface area contributed by atoms with Crippen LogP contribution in [-0.4, -0.2) is 69.0 Å². The van der Waals surface area contributed by atoms with Crippen LogP contribution in [-0.2, 0) is 4.79 Å². The number of hydrogen-bond donors (Lipinski definition) is 6. The monoisotopic (exact) mass is 379 g/mol. The molecule has 26 heavy (non-hydrogen) atoms. The Labute approximate surface area is 158 Å². The van der Waals surface area contributed by atoms with E-state index in [0.717, 1.165) is 19.3 Å². The summed E-state index contributed by atoms with van der Waals surface area (Å²) in [7, 11) is 0. The average molecular weight is 380 g/mol. The fourth-order valence-electron chi connectivity index (χ4n) is 2.22. The number of carbonyl (C=O) groups is 1. The number of aliphatic hydroxyl groups excluding tert-OH is 5. The molecule has 158 valence electrons. The van der Waals surface area contributed by atoms with Crippen LogP contribution in [0.3, 0.4) is 0 Å². The lowest BCUT2D eigenvalue weighted by Gasteiger charge is -2.24. The van der Waals surface area contributed by atoms with Gasteiger partial charge < -0.3 is 30.8 Å². The summed E-state index contributed by atoms with van der Waals surface area (Å²) in [5.41, 5.74) is 0. The topological polar surface area (TPSA) is 130 Å². The first-order valence-corrected chi connectivity index (χ1v) is 9.97. The summed E-state index contributed by atoms with van der Waals surface area (Å²) in [6.07, 6.45) is 4.08. The van der Waals surface area contributed by atoms with Crippen LogP contribution < -0.4 is 5.32 Å². The summed E-state index contributed by atoms with van der Waals surface area (Å²) in [6, 6.07) is 0. The molecule has 0 saturated heterocycles. The van der Waals surface area contributed by atoms with Crippen molar-refractivity contribution in [3.05, 3.63) is 0 Å². The van der Waals surface area contributed by atoms with Gasteiger partial charge in [-0.3, -0.25) is 4.79 Å². The highest BCUT2D eigenvalue weighted by Gasteiger charge is 2.33. The van der Waals surface area contributed by atoms with Gasteiger partial charge in [0, 0.05) is 6.54 Å². The summed E-state index contributed by atoms with van der Waals surface area (Å²) in [4.78, 5) is 11.4. The molecule has 0 fully saturated rings. The summed E-state index contributed by atoms with van der Waals surface area (Å²) in [6.45, 7) is 6.11. The first-order valence-electron chi connectivity index (χ1n) is 9.97. The zero-order valence-electron chi connectivity index (χ0n) is 16.7. The van der Waals surface area contributed by atoms with E-state index in [9.17, 15) is 20.1 Å². The molecular weight excluding hydrogens is 338 g/mol. The lowest BCUT2D eigenvalue weighted by Crippen LogP contribution is -2.51. The SMILES string of the molecule is CCCCCCCC.CCCCCNC(=O)C(O)C(O)C(O)C(O)CO. The van der Waals surface area contributed by atoms with Crippen LogP contribution in [0.2, 0.25) is 0 Å². The first kappa shape index (κ1) is 27.5. The largest absolute Gasteiger partial charge is 0.394 e. The van der Waals surface area contributed by atoms with Gasteiger partial charge in [0.15, 0.2) is 6.10 Å². The van der Waals surface area contributed by atoms with Gasteiger partial charge in [0.25, 0.3) is 5.91 Å². The van der Waals surface area contributed by atoms with Crippen LogP contribution in [0.5, 0.6) is 0 Å². The van der Waals surface area contributed by atoms with Crippen LogP contribution in [0, 0.1) is 0 Å². The maximum Gasteiger partial charge on any atom is 0.251 e. The summed E-state index contributed by atoms with van der Waals surface area (Å²) < 4.78 is 0. The molecule has 0 rings (SSSR count). The molecule has 0 heterocycles. The quantitative estimate of drug-likeness (QED) is 0.251. The maximum absolute atomic E-state index is 11.4. The predicted molar refractivity (Wildman–Crippen MR) is 103 cm³/mol. The molecule has 0 aromatic rings. The molecule has 0 radical (unpaired) electrons. The van der Waals surface area contributed by atoms with E-state index in [1.165, 1.54) is 38.5 Å². The Balaban J connectivity index is 0. The summed E-state index contributed by atoms with van der Waals surface area (Å²) in [5, 5.41) is 48.2. The minimum atomic E-state index is -1.85. The number of rotatable bonds is 14. The highest BCUT2D eigenvalue weighted by Crippen LogP contribution is 2.05. The molecule has 0 aliphatic carbocycles. The highest BCUT2D eigenvalue weighted by atomic mass is 16.4. The number of hydrogen-bond acceptors (Lipinski definition) is 6. The molecule has 7 heteroatoms. The third-order valence-corrected chi connectivity index (χ3v) is 4.06. The molecule has 4 atom stereocenters. The van der Waals surface area contributed by atoms with Crippen LogP contribution in [0.15, 0.2) is 0 Å². The Kier molecular flexibility index (Phi) is 20.1. The standard InChI is InChI=1S/C11H23NO6.C8H18/c1-2-3-4-5-12-11(18)10(17)9(16)8(15)7(14)6-13;1-3-5-7-8-6-4-2/h7-10,13-17H,2-6H2,1H3,(H,12,18);3-8H2,1-2H3. The van der Waals surface area contributed by atoms with Crippen LogP contribution in [0.4, 0.5) is 0 Å². The van der Waals surface area contributed by atoms with Gasteiger partial charge in [-0.25, -0.2) is 0 Å². The third kappa shape index (κ3) is 14.4. The van der Waals surface area contributed by atoms with E-state index >= 15 is 0 Å². The van der Waals surface area contributed by atoms with Crippen molar-refractivity contribution in [1.82, 2.24) is 5.32 Å². The zero-order chi connectivity index (χ0) is 20.4. The number of unbranched alkanes of at least 4 members (excludes halogenated alkanes) is 7. The minimum absolute atomic E-state index is 0.370. The van der Waals surface area contributed by atoms with E-state index in [-0.39, 0.29) is 0 Å². The Morgan fingerprint density at radius 2 is 1.23 bits per heavy atom. The fraction of sp³-hybridized carbons (Fsp3) is 0.947. The summed E-state index contributed by atoms with van der Waals surface area (Å²) in [5.74, 6) is -0.817. The highest BCUT2D eigenvalue weighted by molar-refractivity contribution is 5.81. The molecule has 4 unspecified atom stereocenters. The average Bonchev–Trinajstić information content (AvgIpc) is 2.66. The Morgan fingerprint density at radius 3 is 1.65 bits per heavy atom. The second-order valence-corrected chi connectivity index (χ2v) is 6.59. The van der Waals surface area contributed by atoms with Gasteiger partial charge in [-0.05, 0) is 6.42 Å². The number of amides is 1. The van der Waals surface area contributed by atoms with Gasteiger partial charge in [-0.15, -0.1) is 0 Å². The Bertz CT molecular complexity index is 310. The molecule has 0 aliphatic rings. The van der Waals surface area contributed by atoms with Gasteiger partial charge >= 0.3 is 0 Å². The fourth-order valence-corrected chi connectivity index (χ4v) is 2.22. The first-order chi connectivity index (χ1) is 12.4. The molecule has 0 aromatic carbocycles. The van der Waals surface area contributed by atoms with E-state index in [0.29, 0.717) is 6.54 Å². The van der Waals surface area contributed by atoms with Crippen molar-refractivity contribution in [3.8, 4) is 0 Å². The minimum Gasteiger partial charge on any atom is -0.394 e. The van der Waals surface area contributed by atoms with E-state index in [1.807, 2.05) is 6.92 Å². The van der Waals surface area contributed by atoms with Crippen molar-refractivity contribution in [2.45, 2.75) is 103 Å². The molecule has 0 aliphatic heterocycles. The molecule has 1 amide bonds.